The molecule has 0 aromatic rings. The van der Waals surface area contributed by atoms with Crippen LogP contribution in [0.4, 0.5) is 0 Å². The molecule has 78 valence electrons. The van der Waals surface area contributed by atoms with Gasteiger partial charge < -0.3 is 14.6 Å². The maximum atomic E-state index is 9.04. The second-order valence-corrected chi connectivity index (χ2v) is 4.46. The van der Waals surface area contributed by atoms with Crippen molar-refractivity contribution in [2.45, 2.75) is 52.1 Å². The van der Waals surface area contributed by atoms with Gasteiger partial charge in [-0.1, -0.05) is 13.8 Å². The number of ether oxygens (including phenoxy) is 2. The van der Waals surface area contributed by atoms with Crippen LogP contribution in [0.25, 0.3) is 0 Å². The van der Waals surface area contributed by atoms with Crippen LogP contribution < -0.4 is 0 Å². The highest BCUT2D eigenvalue weighted by atomic mass is 16.7. The third-order valence-corrected chi connectivity index (χ3v) is 2.33. The Hall–Kier alpha value is -0.120. The zero-order valence-corrected chi connectivity index (χ0v) is 8.91. The third-order valence-electron chi connectivity index (χ3n) is 2.33. The normalized spacial score (nSPS) is 33.7. The molecule has 1 rings (SSSR count). The molecule has 0 saturated carbocycles. The highest BCUT2D eigenvalue weighted by molar-refractivity contribution is 4.77. The van der Waals surface area contributed by atoms with Gasteiger partial charge >= 0.3 is 0 Å². The standard InChI is InChI=1S/C10H20O3/c1-7(2)9-5-8(6-11)12-10(3,4)13-9/h7-9,11H,5-6H2,1-4H3/t8-,9+/m1/s1. The Balaban J connectivity index is 2.60. The predicted molar refractivity (Wildman–Crippen MR) is 50.4 cm³/mol. The van der Waals surface area contributed by atoms with Gasteiger partial charge in [-0.05, 0) is 19.8 Å². The molecule has 1 aliphatic rings. The lowest BCUT2D eigenvalue weighted by Crippen LogP contribution is -2.47. The lowest BCUT2D eigenvalue weighted by Gasteiger charge is -2.41. The van der Waals surface area contributed by atoms with E-state index in [1.807, 2.05) is 13.8 Å². The maximum Gasteiger partial charge on any atom is 0.163 e. The van der Waals surface area contributed by atoms with Crippen LogP contribution in [-0.4, -0.2) is 29.7 Å². The van der Waals surface area contributed by atoms with Crippen molar-refractivity contribution in [2.75, 3.05) is 6.61 Å². The Bertz CT molecular complexity index is 166. The molecule has 2 atom stereocenters. The Morgan fingerprint density at radius 1 is 1.38 bits per heavy atom. The first-order valence-corrected chi connectivity index (χ1v) is 4.91. The van der Waals surface area contributed by atoms with Crippen molar-refractivity contribution in [1.29, 1.82) is 0 Å². The fraction of sp³-hybridized carbons (Fsp3) is 1.00. The largest absolute Gasteiger partial charge is 0.394 e. The van der Waals surface area contributed by atoms with Crippen LogP contribution in [0.1, 0.15) is 34.1 Å². The average molecular weight is 188 g/mol. The van der Waals surface area contributed by atoms with Gasteiger partial charge in [-0.15, -0.1) is 0 Å². The zero-order chi connectivity index (χ0) is 10.1. The molecule has 3 heteroatoms. The minimum Gasteiger partial charge on any atom is -0.394 e. The Morgan fingerprint density at radius 2 is 2.00 bits per heavy atom. The molecule has 1 heterocycles. The van der Waals surface area contributed by atoms with Crippen LogP contribution in [0.3, 0.4) is 0 Å². The minimum absolute atomic E-state index is 0.0730. The summed E-state index contributed by atoms with van der Waals surface area (Å²) in [4.78, 5) is 0. The Kier molecular flexibility index (Phi) is 3.33. The molecule has 0 unspecified atom stereocenters. The van der Waals surface area contributed by atoms with Gasteiger partial charge in [0.25, 0.3) is 0 Å². The maximum absolute atomic E-state index is 9.04. The van der Waals surface area contributed by atoms with Gasteiger partial charge in [0.1, 0.15) is 0 Å². The third kappa shape index (κ3) is 2.93. The first-order chi connectivity index (χ1) is 5.94. The number of rotatable bonds is 2. The van der Waals surface area contributed by atoms with Crippen molar-refractivity contribution in [1.82, 2.24) is 0 Å². The second kappa shape index (κ2) is 3.95. The molecule has 1 N–H and O–H groups in total. The first kappa shape index (κ1) is 11.0. The summed E-state index contributed by atoms with van der Waals surface area (Å²) in [5, 5.41) is 9.04. The number of aliphatic hydroxyl groups excluding tert-OH is 1. The van der Waals surface area contributed by atoms with E-state index in [0.29, 0.717) is 5.92 Å². The van der Waals surface area contributed by atoms with Gasteiger partial charge in [-0.2, -0.15) is 0 Å². The summed E-state index contributed by atoms with van der Waals surface area (Å²) < 4.78 is 11.3. The quantitative estimate of drug-likeness (QED) is 0.714. The van der Waals surface area contributed by atoms with Crippen LogP contribution >= 0.6 is 0 Å². The van der Waals surface area contributed by atoms with Gasteiger partial charge in [0.2, 0.25) is 0 Å². The van der Waals surface area contributed by atoms with Crippen molar-refractivity contribution in [3.63, 3.8) is 0 Å². The molecular formula is C10H20O3. The highest BCUT2D eigenvalue weighted by Gasteiger charge is 2.36. The topological polar surface area (TPSA) is 38.7 Å². The molecule has 0 spiro atoms. The number of hydrogen-bond donors (Lipinski definition) is 1. The van der Waals surface area contributed by atoms with Gasteiger partial charge in [0.15, 0.2) is 5.79 Å². The molecule has 1 aliphatic heterocycles. The van der Waals surface area contributed by atoms with E-state index < -0.39 is 5.79 Å². The van der Waals surface area contributed by atoms with Gasteiger partial charge in [0, 0.05) is 6.42 Å². The summed E-state index contributed by atoms with van der Waals surface area (Å²) in [7, 11) is 0. The zero-order valence-electron chi connectivity index (χ0n) is 8.91. The molecule has 0 aliphatic carbocycles. The smallest absolute Gasteiger partial charge is 0.163 e. The van der Waals surface area contributed by atoms with Crippen LogP contribution in [-0.2, 0) is 9.47 Å². The van der Waals surface area contributed by atoms with Crippen LogP contribution in [0, 0.1) is 5.92 Å². The van der Waals surface area contributed by atoms with Crippen molar-refractivity contribution in [3.8, 4) is 0 Å². The van der Waals surface area contributed by atoms with Crippen LogP contribution in [0.15, 0.2) is 0 Å². The number of hydrogen-bond acceptors (Lipinski definition) is 3. The van der Waals surface area contributed by atoms with Crippen molar-refractivity contribution < 1.29 is 14.6 Å². The van der Waals surface area contributed by atoms with E-state index in [1.54, 1.807) is 0 Å². The molecule has 0 aromatic carbocycles. The fourth-order valence-corrected chi connectivity index (χ4v) is 1.67. The lowest BCUT2D eigenvalue weighted by atomic mass is 9.99. The summed E-state index contributed by atoms with van der Waals surface area (Å²) in [6.07, 6.45) is 0.912. The molecule has 0 radical (unpaired) electrons. The second-order valence-electron chi connectivity index (χ2n) is 4.46. The minimum atomic E-state index is -0.555. The monoisotopic (exact) mass is 188 g/mol. The van der Waals surface area contributed by atoms with E-state index in [2.05, 4.69) is 13.8 Å². The van der Waals surface area contributed by atoms with E-state index in [0.717, 1.165) is 6.42 Å². The summed E-state index contributed by atoms with van der Waals surface area (Å²) >= 11 is 0. The summed E-state index contributed by atoms with van der Waals surface area (Å²) in [5.74, 6) is -0.0853. The summed E-state index contributed by atoms with van der Waals surface area (Å²) in [5.41, 5.74) is 0. The molecule has 0 amide bonds. The predicted octanol–water partition coefficient (Wildman–Crippen LogP) is 1.54. The van der Waals surface area contributed by atoms with E-state index in [9.17, 15) is 0 Å². The fourth-order valence-electron chi connectivity index (χ4n) is 1.67. The molecule has 1 saturated heterocycles. The molecule has 0 bridgehead atoms. The lowest BCUT2D eigenvalue weighted by molar-refractivity contribution is -0.310. The van der Waals surface area contributed by atoms with Gasteiger partial charge in [-0.3, -0.25) is 0 Å². The van der Waals surface area contributed by atoms with Gasteiger partial charge in [-0.25, -0.2) is 0 Å². The molecule has 0 aromatic heterocycles. The molecular weight excluding hydrogens is 168 g/mol. The molecule has 3 nitrogen and oxygen atoms in total. The summed E-state index contributed by atoms with van der Waals surface area (Å²) in [6, 6.07) is 0. The van der Waals surface area contributed by atoms with Crippen molar-refractivity contribution in [2.24, 2.45) is 5.92 Å². The van der Waals surface area contributed by atoms with Crippen LogP contribution in [0.2, 0.25) is 0 Å². The van der Waals surface area contributed by atoms with Crippen LogP contribution in [0.5, 0.6) is 0 Å². The Labute approximate surface area is 80.0 Å². The average Bonchev–Trinajstić information content (AvgIpc) is 2.01. The van der Waals surface area contributed by atoms with E-state index in [4.69, 9.17) is 14.6 Å². The Morgan fingerprint density at radius 3 is 2.46 bits per heavy atom. The first-order valence-electron chi connectivity index (χ1n) is 4.91. The molecule has 13 heavy (non-hydrogen) atoms. The van der Waals surface area contributed by atoms with E-state index >= 15 is 0 Å². The van der Waals surface area contributed by atoms with E-state index in [-0.39, 0.29) is 18.8 Å². The summed E-state index contributed by atoms with van der Waals surface area (Å²) in [6.45, 7) is 8.12. The number of aliphatic hydroxyl groups is 1. The van der Waals surface area contributed by atoms with Crippen molar-refractivity contribution >= 4 is 0 Å². The van der Waals surface area contributed by atoms with Crippen molar-refractivity contribution in [3.05, 3.63) is 0 Å². The highest BCUT2D eigenvalue weighted by Crippen LogP contribution is 2.29. The molecule has 1 fully saturated rings. The van der Waals surface area contributed by atoms with Gasteiger partial charge in [0.05, 0.1) is 18.8 Å². The van der Waals surface area contributed by atoms with E-state index in [1.165, 1.54) is 0 Å². The SMILES string of the molecule is CC(C)[C@@H]1C[C@H](CO)OC(C)(C)O1.